The van der Waals surface area contributed by atoms with Crippen LogP contribution in [-0.2, 0) is 28.3 Å². The van der Waals surface area contributed by atoms with Crippen LogP contribution in [0.15, 0.2) is 47.4 Å². The fraction of sp³-hybridized carbons (Fsp3) is 0.478. The summed E-state index contributed by atoms with van der Waals surface area (Å²) in [5.74, 6) is 0.337. The van der Waals surface area contributed by atoms with E-state index in [1.54, 1.807) is 18.2 Å². The fourth-order valence-corrected chi connectivity index (χ4v) is 6.03. The van der Waals surface area contributed by atoms with Gasteiger partial charge >= 0.3 is 0 Å². The Morgan fingerprint density at radius 2 is 1.93 bits per heavy atom. The number of phenolic OH excluding ortho intramolecular Hbond substituents is 1. The molecule has 7 heteroatoms. The van der Waals surface area contributed by atoms with Gasteiger partial charge in [-0.15, -0.1) is 0 Å². The maximum atomic E-state index is 11.5. The second kappa shape index (κ2) is 7.64. The van der Waals surface area contributed by atoms with E-state index in [-0.39, 0.29) is 10.3 Å². The lowest BCUT2D eigenvalue weighted by Crippen LogP contribution is -2.66. The van der Waals surface area contributed by atoms with Crippen molar-refractivity contribution >= 4 is 10.0 Å². The summed E-state index contributed by atoms with van der Waals surface area (Å²) in [5.41, 5.74) is 3.69. The molecule has 30 heavy (non-hydrogen) atoms. The second-order valence-corrected chi connectivity index (χ2v) is 10.7. The van der Waals surface area contributed by atoms with Crippen LogP contribution < -0.4 is 5.14 Å². The van der Waals surface area contributed by atoms with E-state index >= 15 is 0 Å². The van der Waals surface area contributed by atoms with Gasteiger partial charge in [0.05, 0.1) is 4.90 Å². The SMILES string of the molecule is CN1CC[C@]2(C)c3cc(O)ccc3C[C@@H]1[C@H]2N(C)CCc1ccc(S(N)(=O)=O)cc1. The Balaban J connectivity index is 1.56. The van der Waals surface area contributed by atoms with Crippen molar-refractivity contribution in [3.05, 3.63) is 59.2 Å². The van der Waals surface area contributed by atoms with E-state index in [1.807, 2.05) is 18.2 Å². The van der Waals surface area contributed by atoms with Gasteiger partial charge < -0.3 is 14.9 Å². The van der Waals surface area contributed by atoms with Crippen LogP contribution in [0, 0.1) is 0 Å². The number of rotatable bonds is 5. The largest absolute Gasteiger partial charge is 0.508 e. The molecular formula is C23H31N3O3S. The predicted molar refractivity (Wildman–Crippen MR) is 118 cm³/mol. The Labute approximate surface area is 179 Å². The van der Waals surface area contributed by atoms with Gasteiger partial charge in [-0.1, -0.05) is 25.1 Å². The molecule has 0 amide bonds. The number of nitrogens with two attached hydrogens (primary N) is 1. The first-order chi connectivity index (χ1) is 14.1. The second-order valence-electron chi connectivity index (χ2n) is 9.13. The third kappa shape index (κ3) is 3.75. The highest BCUT2D eigenvalue weighted by atomic mass is 32.2. The fourth-order valence-electron chi connectivity index (χ4n) is 5.52. The van der Waals surface area contributed by atoms with Crippen LogP contribution in [0.5, 0.6) is 5.75 Å². The summed E-state index contributed by atoms with van der Waals surface area (Å²) in [6.45, 7) is 4.26. The summed E-state index contributed by atoms with van der Waals surface area (Å²) < 4.78 is 22.9. The number of likely N-dealkylation sites (tertiary alicyclic amines) is 1. The average molecular weight is 430 g/mol. The molecule has 3 N–H and O–H groups in total. The highest BCUT2D eigenvalue weighted by Gasteiger charge is 2.51. The minimum absolute atomic E-state index is 0.0181. The van der Waals surface area contributed by atoms with E-state index < -0.39 is 10.0 Å². The molecule has 1 aliphatic heterocycles. The zero-order valence-corrected chi connectivity index (χ0v) is 18.7. The predicted octanol–water partition coefficient (Wildman–Crippen LogP) is 2.10. The van der Waals surface area contributed by atoms with Gasteiger partial charge in [0, 0.05) is 24.0 Å². The van der Waals surface area contributed by atoms with Gasteiger partial charge in [-0.05, 0) is 80.9 Å². The van der Waals surface area contributed by atoms with E-state index in [0.717, 1.165) is 37.9 Å². The lowest BCUT2D eigenvalue weighted by Gasteiger charge is -2.57. The van der Waals surface area contributed by atoms with Crippen molar-refractivity contribution in [1.82, 2.24) is 9.80 Å². The summed E-state index contributed by atoms with van der Waals surface area (Å²) in [4.78, 5) is 5.06. The third-order valence-electron chi connectivity index (χ3n) is 7.18. The molecule has 1 aliphatic carbocycles. The van der Waals surface area contributed by atoms with Crippen LogP contribution in [0.25, 0.3) is 0 Å². The normalized spacial score (nSPS) is 26.6. The van der Waals surface area contributed by atoms with Crippen LogP contribution in [-0.4, -0.2) is 62.6 Å². The van der Waals surface area contributed by atoms with Gasteiger partial charge in [-0.3, -0.25) is 0 Å². The number of aromatic hydroxyl groups is 1. The van der Waals surface area contributed by atoms with Crippen molar-refractivity contribution in [2.24, 2.45) is 5.14 Å². The van der Waals surface area contributed by atoms with Gasteiger partial charge in [0.25, 0.3) is 0 Å². The standard InChI is InChI=1S/C23H31N3O3S/c1-23-11-13-25(2)21(14-17-6-7-18(27)15-20(17)23)22(23)26(3)12-10-16-4-8-19(9-5-16)30(24,28)29/h4-9,15,21-22,27H,10-14H2,1-3H3,(H2,24,28,29)/t21-,22-,23-/m1/s1. The first-order valence-corrected chi connectivity index (χ1v) is 12.0. The topological polar surface area (TPSA) is 86.9 Å². The third-order valence-corrected chi connectivity index (χ3v) is 8.11. The highest BCUT2D eigenvalue weighted by molar-refractivity contribution is 7.89. The van der Waals surface area contributed by atoms with Crippen molar-refractivity contribution < 1.29 is 13.5 Å². The average Bonchev–Trinajstić information content (AvgIpc) is 2.69. The molecule has 2 bridgehead atoms. The molecule has 1 fully saturated rings. The first kappa shape index (κ1) is 21.3. The number of phenols is 1. The minimum Gasteiger partial charge on any atom is -0.508 e. The van der Waals surface area contributed by atoms with Crippen molar-refractivity contribution in [1.29, 1.82) is 0 Å². The molecule has 1 heterocycles. The van der Waals surface area contributed by atoms with Crippen LogP contribution in [0.1, 0.15) is 30.0 Å². The van der Waals surface area contributed by atoms with Gasteiger partial charge in [-0.2, -0.15) is 0 Å². The Hall–Kier alpha value is -1.93. The molecule has 162 valence electrons. The molecule has 0 radical (unpaired) electrons. The Morgan fingerprint density at radius 3 is 2.60 bits per heavy atom. The number of primary sulfonamides is 1. The van der Waals surface area contributed by atoms with Crippen LogP contribution in [0.2, 0.25) is 0 Å². The molecule has 3 atom stereocenters. The van der Waals surface area contributed by atoms with E-state index in [4.69, 9.17) is 5.14 Å². The van der Waals surface area contributed by atoms with E-state index in [0.29, 0.717) is 17.8 Å². The van der Waals surface area contributed by atoms with Gasteiger partial charge in [-0.25, -0.2) is 13.6 Å². The summed E-state index contributed by atoms with van der Waals surface area (Å²) in [6.07, 6.45) is 2.87. The number of benzene rings is 2. The van der Waals surface area contributed by atoms with E-state index in [1.165, 1.54) is 11.1 Å². The Kier molecular flexibility index (Phi) is 5.43. The maximum absolute atomic E-state index is 11.5. The van der Waals surface area contributed by atoms with Crippen LogP contribution >= 0.6 is 0 Å². The van der Waals surface area contributed by atoms with Gasteiger partial charge in [0.15, 0.2) is 0 Å². The molecule has 0 aromatic heterocycles. The van der Waals surface area contributed by atoms with Crippen molar-refractivity contribution in [3.63, 3.8) is 0 Å². The molecule has 4 rings (SSSR count). The van der Waals surface area contributed by atoms with Crippen LogP contribution in [0.3, 0.4) is 0 Å². The minimum atomic E-state index is -3.66. The van der Waals surface area contributed by atoms with Crippen molar-refractivity contribution in [2.75, 3.05) is 27.2 Å². The van der Waals surface area contributed by atoms with Crippen LogP contribution in [0.4, 0.5) is 0 Å². The van der Waals surface area contributed by atoms with Crippen molar-refractivity contribution in [2.45, 2.75) is 48.6 Å². The number of hydrogen-bond acceptors (Lipinski definition) is 5. The molecule has 2 aliphatic rings. The maximum Gasteiger partial charge on any atom is 0.238 e. The zero-order chi connectivity index (χ0) is 21.7. The molecule has 0 saturated carbocycles. The molecule has 2 aromatic carbocycles. The number of piperidine rings is 1. The Morgan fingerprint density at radius 1 is 1.23 bits per heavy atom. The first-order valence-electron chi connectivity index (χ1n) is 10.4. The summed E-state index contributed by atoms with van der Waals surface area (Å²) in [6, 6.07) is 13.5. The number of hydrogen-bond donors (Lipinski definition) is 2. The van der Waals surface area contributed by atoms with Gasteiger partial charge in [0.2, 0.25) is 10.0 Å². The van der Waals surface area contributed by atoms with E-state index in [2.05, 4.69) is 36.9 Å². The summed E-state index contributed by atoms with van der Waals surface area (Å²) in [5, 5.41) is 15.3. The number of nitrogens with zero attached hydrogens (tertiary/aromatic N) is 2. The number of sulfonamides is 1. The molecule has 0 unspecified atom stereocenters. The van der Waals surface area contributed by atoms with Gasteiger partial charge in [0.1, 0.15) is 5.75 Å². The number of likely N-dealkylation sites (N-methyl/N-ethyl adjacent to an activating group) is 2. The smallest absolute Gasteiger partial charge is 0.238 e. The monoisotopic (exact) mass is 429 g/mol. The summed E-state index contributed by atoms with van der Waals surface area (Å²) >= 11 is 0. The zero-order valence-electron chi connectivity index (χ0n) is 17.9. The molecule has 2 aromatic rings. The lowest BCUT2D eigenvalue weighted by molar-refractivity contribution is 0.00308. The summed E-state index contributed by atoms with van der Waals surface area (Å²) in [7, 11) is 0.732. The molecular weight excluding hydrogens is 398 g/mol. The molecule has 0 spiro atoms. The molecule has 1 saturated heterocycles. The lowest BCUT2D eigenvalue weighted by atomic mass is 9.61. The quantitative estimate of drug-likeness (QED) is 0.760. The number of fused-ring (bicyclic) bond motifs is 4. The van der Waals surface area contributed by atoms with E-state index in [9.17, 15) is 13.5 Å². The van der Waals surface area contributed by atoms with Crippen molar-refractivity contribution in [3.8, 4) is 5.75 Å². The Bertz CT molecular complexity index is 1040. The molecule has 6 nitrogen and oxygen atoms in total. The highest BCUT2D eigenvalue weighted by Crippen LogP contribution is 2.47.